The maximum absolute atomic E-state index is 10.2. The topological polar surface area (TPSA) is 64.7 Å². The summed E-state index contributed by atoms with van der Waals surface area (Å²) in [4.78, 5) is 0. The van der Waals surface area contributed by atoms with E-state index in [4.69, 9.17) is 15.2 Å². The van der Waals surface area contributed by atoms with E-state index < -0.39 is 0 Å². The highest BCUT2D eigenvalue weighted by atomic mass is 16.5. The third kappa shape index (κ3) is 1.72. The highest BCUT2D eigenvalue weighted by Gasteiger charge is 2.32. The average Bonchev–Trinajstić information content (AvgIpc) is 2.91. The molecular weight excluding hydrogens is 230 g/mol. The number of nitrogens with two attached hydrogens (primary N) is 1. The molecule has 0 amide bonds. The molecule has 0 spiro atoms. The van der Waals surface area contributed by atoms with Gasteiger partial charge in [0.05, 0.1) is 13.2 Å². The molecule has 0 fully saturated rings. The van der Waals surface area contributed by atoms with Crippen LogP contribution in [0.15, 0.2) is 0 Å². The summed E-state index contributed by atoms with van der Waals surface area (Å²) in [5, 5.41) is 10.2. The van der Waals surface area contributed by atoms with Gasteiger partial charge in [-0.3, -0.25) is 0 Å². The van der Waals surface area contributed by atoms with Crippen molar-refractivity contribution < 1.29 is 14.6 Å². The van der Waals surface area contributed by atoms with Gasteiger partial charge in [0.2, 0.25) is 0 Å². The molecule has 4 nitrogen and oxygen atoms in total. The monoisotopic (exact) mass is 249 g/mol. The Balaban J connectivity index is 2.18. The number of phenols is 1. The molecule has 1 aromatic carbocycles. The van der Waals surface area contributed by atoms with Crippen LogP contribution in [-0.2, 0) is 19.3 Å². The average molecular weight is 249 g/mol. The van der Waals surface area contributed by atoms with Crippen LogP contribution in [0.5, 0.6) is 17.2 Å². The maximum Gasteiger partial charge on any atom is 0.165 e. The Morgan fingerprint density at radius 2 is 1.72 bits per heavy atom. The van der Waals surface area contributed by atoms with Crippen molar-refractivity contribution in [2.75, 3.05) is 13.2 Å². The first-order chi connectivity index (χ1) is 8.47. The standard InChI is InChI=1S/C14H19NO3/c1-14(2,15)7-10-8-3-5-18-13(8)11(16)9-4-6-17-12(9)10/h16H,3-7,15H2,1-2H3. The van der Waals surface area contributed by atoms with E-state index in [2.05, 4.69) is 0 Å². The van der Waals surface area contributed by atoms with E-state index in [1.807, 2.05) is 13.8 Å². The highest BCUT2D eigenvalue weighted by molar-refractivity contribution is 5.65. The largest absolute Gasteiger partial charge is 0.504 e. The van der Waals surface area contributed by atoms with Gasteiger partial charge >= 0.3 is 0 Å². The fourth-order valence-corrected chi connectivity index (χ4v) is 2.82. The van der Waals surface area contributed by atoms with E-state index in [0.717, 1.165) is 41.7 Å². The fourth-order valence-electron chi connectivity index (χ4n) is 2.82. The van der Waals surface area contributed by atoms with Gasteiger partial charge in [-0.25, -0.2) is 0 Å². The summed E-state index contributed by atoms with van der Waals surface area (Å²) in [7, 11) is 0. The van der Waals surface area contributed by atoms with Gasteiger partial charge in [0.1, 0.15) is 5.75 Å². The Labute approximate surface area is 107 Å². The van der Waals surface area contributed by atoms with Gasteiger partial charge in [-0.2, -0.15) is 0 Å². The zero-order chi connectivity index (χ0) is 12.9. The zero-order valence-corrected chi connectivity index (χ0v) is 10.9. The minimum atomic E-state index is -0.299. The number of hydrogen-bond acceptors (Lipinski definition) is 4. The normalized spacial score (nSPS) is 17.1. The Morgan fingerprint density at radius 3 is 2.39 bits per heavy atom. The van der Waals surface area contributed by atoms with Crippen molar-refractivity contribution >= 4 is 0 Å². The second-order valence-corrected chi connectivity index (χ2v) is 5.80. The Hall–Kier alpha value is -1.42. The Bertz CT molecular complexity index is 468. The van der Waals surface area contributed by atoms with Gasteiger partial charge in [0, 0.05) is 35.1 Å². The van der Waals surface area contributed by atoms with Crippen molar-refractivity contribution in [3.8, 4) is 17.2 Å². The summed E-state index contributed by atoms with van der Waals surface area (Å²) in [6.45, 7) is 5.26. The van der Waals surface area contributed by atoms with Crippen LogP contribution in [0.2, 0.25) is 0 Å². The molecule has 0 bridgehead atoms. The van der Waals surface area contributed by atoms with Crippen LogP contribution in [0, 0.1) is 0 Å². The van der Waals surface area contributed by atoms with Crippen LogP contribution in [0.4, 0.5) is 0 Å². The molecule has 0 aliphatic carbocycles. The van der Waals surface area contributed by atoms with Gasteiger partial charge < -0.3 is 20.3 Å². The SMILES string of the molecule is CC(C)(N)Cc1c2c(c(O)c3c1OCC3)OCC2. The molecule has 2 heterocycles. The van der Waals surface area contributed by atoms with Gasteiger partial charge in [0.25, 0.3) is 0 Å². The van der Waals surface area contributed by atoms with Crippen LogP contribution in [0.1, 0.15) is 30.5 Å². The maximum atomic E-state index is 10.2. The molecule has 3 rings (SSSR count). The quantitative estimate of drug-likeness (QED) is 0.834. The lowest BCUT2D eigenvalue weighted by molar-refractivity contribution is 0.333. The molecule has 2 aliphatic rings. The van der Waals surface area contributed by atoms with E-state index >= 15 is 0 Å². The van der Waals surface area contributed by atoms with Gasteiger partial charge in [-0.1, -0.05) is 0 Å². The van der Waals surface area contributed by atoms with Crippen molar-refractivity contribution in [3.05, 3.63) is 16.7 Å². The van der Waals surface area contributed by atoms with Crippen molar-refractivity contribution in [1.82, 2.24) is 0 Å². The Kier molecular flexibility index (Phi) is 2.45. The molecule has 0 unspecified atom stereocenters. The van der Waals surface area contributed by atoms with Crippen LogP contribution in [-0.4, -0.2) is 23.9 Å². The molecular formula is C14H19NO3. The molecule has 3 N–H and O–H groups in total. The van der Waals surface area contributed by atoms with Crippen LogP contribution in [0.3, 0.4) is 0 Å². The molecule has 1 aromatic rings. The van der Waals surface area contributed by atoms with E-state index in [1.165, 1.54) is 0 Å². The van der Waals surface area contributed by atoms with Crippen molar-refractivity contribution in [3.63, 3.8) is 0 Å². The van der Waals surface area contributed by atoms with E-state index in [-0.39, 0.29) is 11.3 Å². The number of hydrogen-bond donors (Lipinski definition) is 2. The predicted molar refractivity (Wildman–Crippen MR) is 68.5 cm³/mol. The number of aromatic hydroxyl groups is 1. The number of phenolic OH excluding ortho intramolecular Hbond substituents is 1. The smallest absolute Gasteiger partial charge is 0.165 e. The molecule has 0 saturated carbocycles. The van der Waals surface area contributed by atoms with E-state index in [0.29, 0.717) is 19.0 Å². The first-order valence-electron chi connectivity index (χ1n) is 6.41. The summed E-state index contributed by atoms with van der Waals surface area (Å²) < 4.78 is 11.3. The molecule has 18 heavy (non-hydrogen) atoms. The summed E-state index contributed by atoms with van der Waals surface area (Å²) in [5.74, 6) is 1.77. The first-order valence-corrected chi connectivity index (χ1v) is 6.41. The summed E-state index contributed by atoms with van der Waals surface area (Å²) in [6, 6.07) is 0. The highest BCUT2D eigenvalue weighted by Crippen LogP contribution is 2.49. The van der Waals surface area contributed by atoms with Gasteiger partial charge in [-0.05, 0) is 20.3 Å². The number of benzene rings is 1. The van der Waals surface area contributed by atoms with Crippen LogP contribution >= 0.6 is 0 Å². The van der Waals surface area contributed by atoms with E-state index in [9.17, 15) is 5.11 Å². The summed E-state index contributed by atoms with van der Waals surface area (Å²) in [5.41, 5.74) is 8.92. The molecule has 0 atom stereocenters. The lowest BCUT2D eigenvalue weighted by atomic mass is 9.89. The fraction of sp³-hybridized carbons (Fsp3) is 0.571. The molecule has 4 heteroatoms. The summed E-state index contributed by atoms with van der Waals surface area (Å²) in [6.07, 6.45) is 2.31. The van der Waals surface area contributed by atoms with Crippen LogP contribution < -0.4 is 15.2 Å². The van der Waals surface area contributed by atoms with Crippen molar-refractivity contribution in [2.24, 2.45) is 5.73 Å². The van der Waals surface area contributed by atoms with Gasteiger partial charge in [0.15, 0.2) is 11.5 Å². The third-order valence-corrected chi connectivity index (χ3v) is 3.52. The predicted octanol–water partition coefficient (Wildman–Crippen LogP) is 1.54. The zero-order valence-electron chi connectivity index (χ0n) is 10.9. The molecule has 0 saturated heterocycles. The molecule has 0 radical (unpaired) electrons. The molecule has 98 valence electrons. The van der Waals surface area contributed by atoms with Crippen molar-refractivity contribution in [2.45, 2.75) is 38.6 Å². The number of ether oxygens (including phenoxy) is 2. The minimum Gasteiger partial charge on any atom is -0.504 e. The third-order valence-electron chi connectivity index (χ3n) is 3.52. The lowest BCUT2D eigenvalue weighted by Gasteiger charge is -2.22. The van der Waals surface area contributed by atoms with E-state index in [1.54, 1.807) is 0 Å². The Morgan fingerprint density at radius 1 is 1.11 bits per heavy atom. The van der Waals surface area contributed by atoms with Gasteiger partial charge in [-0.15, -0.1) is 0 Å². The minimum absolute atomic E-state index is 0.272. The lowest BCUT2D eigenvalue weighted by Crippen LogP contribution is -2.34. The number of rotatable bonds is 2. The van der Waals surface area contributed by atoms with Crippen LogP contribution in [0.25, 0.3) is 0 Å². The van der Waals surface area contributed by atoms with Crippen molar-refractivity contribution in [1.29, 1.82) is 0 Å². The second kappa shape index (κ2) is 3.79. The number of fused-ring (bicyclic) bond motifs is 2. The summed E-state index contributed by atoms with van der Waals surface area (Å²) >= 11 is 0. The molecule has 0 aromatic heterocycles. The molecule has 2 aliphatic heterocycles. The first kappa shape index (κ1) is 11.7. The second-order valence-electron chi connectivity index (χ2n) is 5.80.